The first-order chi connectivity index (χ1) is 15.4. The van der Waals surface area contributed by atoms with E-state index in [1.807, 2.05) is 44.2 Å². The van der Waals surface area contributed by atoms with Gasteiger partial charge in [0.25, 0.3) is 11.8 Å². The van der Waals surface area contributed by atoms with Gasteiger partial charge in [-0.2, -0.15) is 0 Å². The van der Waals surface area contributed by atoms with Crippen LogP contribution in [-0.2, 0) is 11.2 Å². The van der Waals surface area contributed by atoms with E-state index in [1.165, 1.54) is 0 Å². The summed E-state index contributed by atoms with van der Waals surface area (Å²) < 4.78 is 0. The summed E-state index contributed by atoms with van der Waals surface area (Å²) in [7, 11) is 0. The van der Waals surface area contributed by atoms with Crippen molar-refractivity contribution in [1.29, 1.82) is 0 Å². The van der Waals surface area contributed by atoms with Gasteiger partial charge in [-0.3, -0.25) is 14.4 Å². The van der Waals surface area contributed by atoms with Crippen LogP contribution < -0.4 is 16.0 Å². The summed E-state index contributed by atoms with van der Waals surface area (Å²) in [4.78, 5) is 37.2. The predicted octanol–water partition coefficient (Wildman–Crippen LogP) is 4.51. The molecule has 0 radical (unpaired) electrons. The molecule has 6 nitrogen and oxygen atoms in total. The van der Waals surface area contributed by atoms with Crippen LogP contribution in [0.4, 0.5) is 11.4 Å². The van der Waals surface area contributed by atoms with Crippen LogP contribution in [0.3, 0.4) is 0 Å². The van der Waals surface area contributed by atoms with Crippen molar-refractivity contribution >= 4 is 29.1 Å². The standard InChI is InChI=1S/C26H27N3O3/c1-18(2)24(30)28-21-14-12-20(13-15-21)25(31)29-23-11-7-6-10-22(23)26(32)27-17-16-19-8-4-3-5-9-19/h3-15,18H,16-17H2,1-2H3,(H,27,32)(H,28,30)(H,29,31). The quantitative estimate of drug-likeness (QED) is 0.492. The average Bonchev–Trinajstić information content (AvgIpc) is 2.80. The van der Waals surface area contributed by atoms with E-state index in [9.17, 15) is 14.4 Å². The van der Waals surface area contributed by atoms with Crippen LogP contribution in [0.5, 0.6) is 0 Å². The van der Waals surface area contributed by atoms with Gasteiger partial charge in [0, 0.05) is 23.7 Å². The van der Waals surface area contributed by atoms with Crippen LogP contribution in [0, 0.1) is 5.92 Å². The molecule has 0 saturated heterocycles. The van der Waals surface area contributed by atoms with Gasteiger partial charge in [-0.1, -0.05) is 56.3 Å². The Bertz CT molecular complexity index is 1080. The molecule has 0 spiro atoms. The Morgan fingerprint density at radius 2 is 1.41 bits per heavy atom. The van der Waals surface area contributed by atoms with Crippen molar-refractivity contribution in [2.24, 2.45) is 5.92 Å². The number of carbonyl (C=O) groups excluding carboxylic acids is 3. The van der Waals surface area contributed by atoms with Crippen molar-refractivity contribution < 1.29 is 14.4 Å². The lowest BCUT2D eigenvalue weighted by molar-refractivity contribution is -0.118. The molecule has 6 heteroatoms. The molecule has 0 aliphatic carbocycles. The minimum Gasteiger partial charge on any atom is -0.352 e. The highest BCUT2D eigenvalue weighted by molar-refractivity contribution is 6.09. The number of benzene rings is 3. The average molecular weight is 430 g/mol. The first kappa shape index (κ1) is 22.7. The number of hydrogen-bond donors (Lipinski definition) is 3. The van der Waals surface area contributed by atoms with Crippen LogP contribution in [0.25, 0.3) is 0 Å². The Balaban J connectivity index is 1.61. The maximum absolute atomic E-state index is 12.7. The van der Waals surface area contributed by atoms with E-state index in [0.717, 1.165) is 12.0 Å². The van der Waals surface area contributed by atoms with E-state index in [-0.39, 0.29) is 23.6 Å². The lowest BCUT2D eigenvalue weighted by atomic mass is 10.1. The topological polar surface area (TPSA) is 87.3 Å². The highest BCUT2D eigenvalue weighted by Crippen LogP contribution is 2.18. The largest absolute Gasteiger partial charge is 0.352 e. The van der Waals surface area contributed by atoms with Crippen LogP contribution in [-0.4, -0.2) is 24.3 Å². The van der Waals surface area contributed by atoms with Crippen molar-refractivity contribution in [3.63, 3.8) is 0 Å². The number of nitrogens with one attached hydrogen (secondary N) is 3. The fraction of sp³-hybridized carbons (Fsp3) is 0.192. The SMILES string of the molecule is CC(C)C(=O)Nc1ccc(C(=O)Nc2ccccc2C(=O)NCCc2ccccc2)cc1. The molecule has 3 aromatic carbocycles. The van der Waals surface area contributed by atoms with Crippen molar-refractivity contribution in [2.75, 3.05) is 17.2 Å². The van der Waals surface area contributed by atoms with E-state index in [1.54, 1.807) is 48.5 Å². The summed E-state index contributed by atoms with van der Waals surface area (Å²) in [5, 5.41) is 8.50. The minimum atomic E-state index is -0.337. The zero-order chi connectivity index (χ0) is 22.9. The second kappa shape index (κ2) is 10.9. The number of rotatable bonds is 8. The maximum Gasteiger partial charge on any atom is 0.255 e. The van der Waals surface area contributed by atoms with Crippen molar-refractivity contribution in [3.05, 3.63) is 95.6 Å². The summed E-state index contributed by atoms with van der Waals surface area (Å²) in [5.41, 5.74) is 3.02. The summed E-state index contributed by atoms with van der Waals surface area (Å²) in [5.74, 6) is -0.803. The molecular formula is C26H27N3O3. The lowest BCUT2D eigenvalue weighted by Gasteiger charge is -2.12. The smallest absolute Gasteiger partial charge is 0.255 e. The third kappa shape index (κ3) is 6.28. The fourth-order valence-electron chi connectivity index (χ4n) is 3.04. The van der Waals surface area contributed by atoms with Gasteiger partial charge < -0.3 is 16.0 Å². The molecule has 0 aromatic heterocycles. The van der Waals surface area contributed by atoms with Crippen LogP contribution >= 0.6 is 0 Å². The molecule has 0 unspecified atom stereocenters. The molecule has 0 aliphatic heterocycles. The Kier molecular flexibility index (Phi) is 7.75. The summed E-state index contributed by atoms with van der Waals surface area (Å²) in [6.45, 7) is 4.12. The van der Waals surface area contributed by atoms with Crippen molar-refractivity contribution in [3.8, 4) is 0 Å². The molecule has 0 heterocycles. The van der Waals surface area contributed by atoms with Gasteiger partial charge in [-0.25, -0.2) is 0 Å². The maximum atomic E-state index is 12.7. The zero-order valence-electron chi connectivity index (χ0n) is 18.2. The molecule has 3 rings (SSSR count). The number of anilines is 2. The van der Waals surface area contributed by atoms with Crippen LogP contribution in [0.2, 0.25) is 0 Å². The normalized spacial score (nSPS) is 10.5. The monoisotopic (exact) mass is 429 g/mol. The molecule has 32 heavy (non-hydrogen) atoms. The molecule has 3 aromatic rings. The van der Waals surface area contributed by atoms with Crippen LogP contribution in [0.15, 0.2) is 78.9 Å². The number of amides is 3. The molecule has 0 saturated carbocycles. The first-order valence-corrected chi connectivity index (χ1v) is 10.6. The summed E-state index contributed by atoms with van der Waals surface area (Å²) >= 11 is 0. The second-order valence-electron chi connectivity index (χ2n) is 7.71. The molecular weight excluding hydrogens is 402 g/mol. The number of para-hydroxylation sites is 1. The zero-order valence-corrected chi connectivity index (χ0v) is 18.2. The molecule has 3 amide bonds. The van der Waals surface area contributed by atoms with Gasteiger partial charge in [0.2, 0.25) is 5.91 Å². The fourth-order valence-corrected chi connectivity index (χ4v) is 3.04. The summed E-state index contributed by atoms with van der Waals surface area (Å²) in [6, 6.07) is 23.4. The molecule has 0 fully saturated rings. The molecule has 3 N–H and O–H groups in total. The van der Waals surface area contributed by atoms with E-state index in [0.29, 0.717) is 29.0 Å². The van der Waals surface area contributed by atoms with E-state index in [2.05, 4.69) is 16.0 Å². The van der Waals surface area contributed by atoms with Gasteiger partial charge in [0.1, 0.15) is 0 Å². The minimum absolute atomic E-state index is 0.0885. The highest BCUT2D eigenvalue weighted by Gasteiger charge is 2.14. The Morgan fingerprint density at radius 1 is 0.750 bits per heavy atom. The Labute approximate surface area is 188 Å². The van der Waals surface area contributed by atoms with Gasteiger partial charge in [-0.05, 0) is 48.4 Å². The Morgan fingerprint density at radius 3 is 2.09 bits per heavy atom. The molecule has 0 bridgehead atoms. The number of hydrogen-bond acceptors (Lipinski definition) is 3. The van der Waals surface area contributed by atoms with E-state index < -0.39 is 0 Å². The van der Waals surface area contributed by atoms with Crippen molar-refractivity contribution in [1.82, 2.24) is 5.32 Å². The van der Waals surface area contributed by atoms with Crippen molar-refractivity contribution in [2.45, 2.75) is 20.3 Å². The molecule has 164 valence electrons. The predicted molar refractivity (Wildman–Crippen MR) is 127 cm³/mol. The molecule has 0 aliphatic rings. The molecule has 0 atom stereocenters. The van der Waals surface area contributed by atoms with Gasteiger partial charge >= 0.3 is 0 Å². The first-order valence-electron chi connectivity index (χ1n) is 10.6. The third-order valence-electron chi connectivity index (χ3n) is 4.90. The number of carbonyl (C=O) groups is 3. The summed E-state index contributed by atoms with van der Waals surface area (Å²) in [6.07, 6.45) is 0.723. The van der Waals surface area contributed by atoms with Gasteiger partial charge in [0.05, 0.1) is 11.3 Å². The van der Waals surface area contributed by atoms with Gasteiger partial charge in [0.15, 0.2) is 0 Å². The Hall–Kier alpha value is -3.93. The second-order valence-corrected chi connectivity index (χ2v) is 7.71. The van der Waals surface area contributed by atoms with Crippen LogP contribution in [0.1, 0.15) is 40.1 Å². The van der Waals surface area contributed by atoms with Gasteiger partial charge in [-0.15, -0.1) is 0 Å². The lowest BCUT2D eigenvalue weighted by Crippen LogP contribution is -2.27. The third-order valence-corrected chi connectivity index (χ3v) is 4.90. The van der Waals surface area contributed by atoms with E-state index in [4.69, 9.17) is 0 Å². The highest BCUT2D eigenvalue weighted by atomic mass is 16.2. The van der Waals surface area contributed by atoms with E-state index >= 15 is 0 Å².